The second-order valence-electron chi connectivity index (χ2n) is 4.93. The molecule has 0 radical (unpaired) electrons. The van der Waals surface area contributed by atoms with E-state index in [1.165, 1.54) is 12.8 Å². The standard InChI is InChI=1S/C11H23NO2/c1-3-10(2,14)8-12-9-11(4-5-11)6-7-13/h12-14H,3-9H2,1-2H3. The van der Waals surface area contributed by atoms with Gasteiger partial charge in [-0.05, 0) is 38.0 Å². The fraction of sp³-hybridized carbons (Fsp3) is 1.00. The average Bonchev–Trinajstić information content (AvgIpc) is 2.86. The molecule has 0 heterocycles. The topological polar surface area (TPSA) is 52.5 Å². The van der Waals surface area contributed by atoms with E-state index in [0.29, 0.717) is 12.0 Å². The van der Waals surface area contributed by atoms with Crippen molar-refractivity contribution in [3.05, 3.63) is 0 Å². The predicted molar refractivity (Wildman–Crippen MR) is 57.2 cm³/mol. The Balaban J connectivity index is 2.15. The molecule has 1 aliphatic carbocycles. The Morgan fingerprint density at radius 2 is 2.07 bits per heavy atom. The van der Waals surface area contributed by atoms with Gasteiger partial charge >= 0.3 is 0 Å². The van der Waals surface area contributed by atoms with Gasteiger partial charge in [0, 0.05) is 19.7 Å². The van der Waals surface area contributed by atoms with Gasteiger partial charge in [0.2, 0.25) is 0 Å². The van der Waals surface area contributed by atoms with Crippen LogP contribution >= 0.6 is 0 Å². The van der Waals surface area contributed by atoms with Crippen LogP contribution in [0.5, 0.6) is 0 Å². The Kier molecular flexibility index (Phi) is 3.93. The predicted octanol–water partition coefficient (Wildman–Crippen LogP) is 0.900. The summed E-state index contributed by atoms with van der Waals surface area (Å²) in [4.78, 5) is 0. The Hall–Kier alpha value is -0.120. The highest BCUT2D eigenvalue weighted by molar-refractivity contribution is 4.95. The highest BCUT2D eigenvalue weighted by Crippen LogP contribution is 2.47. The maximum atomic E-state index is 9.76. The van der Waals surface area contributed by atoms with Crippen molar-refractivity contribution < 1.29 is 10.2 Å². The van der Waals surface area contributed by atoms with Crippen LogP contribution in [0.1, 0.15) is 39.5 Å². The van der Waals surface area contributed by atoms with E-state index in [0.717, 1.165) is 19.4 Å². The van der Waals surface area contributed by atoms with E-state index >= 15 is 0 Å². The quantitative estimate of drug-likeness (QED) is 0.573. The van der Waals surface area contributed by atoms with Crippen LogP contribution in [0.4, 0.5) is 0 Å². The molecule has 0 amide bonds. The van der Waals surface area contributed by atoms with E-state index in [1.807, 2.05) is 13.8 Å². The summed E-state index contributed by atoms with van der Waals surface area (Å²) in [6.07, 6.45) is 4.10. The molecule has 0 saturated heterocycles. The van der Waals surface area contributed by atoms with Gasteiger partial charge < -0.3 is 15.5 Å². The van der Waals surface area contributed by atoms with Crippen LogP contribution in [-0.4, -0.2) is 35.5 Å². The largest absolute Gasteiger partial charge is 0.396 e. The Morgan fingerprint density at radius 1 is 1.43 bits per heavy atom. The fourth-order valence-electron chi connectivity index (χ4n) is 1.65. The summed E-state index contributed by atoms with van der Waals surface area (Å²) >= 11 is 0. The van der Waals surface area contributed by atoms with Crippen molar-refractivity contribution in [2.24, 2.45) is 5.41 Å². The number of hydrogen-bond donors (Lipinski definition) is 3. The van der Waals surface area contributed by atoms with Crippen molar-refractivity contribution >= 4 is 0 Å². The van der Waals surface area contributed by atoms with Crippen LogP contribution in [0.2, 0.25) is 0 Å². The molecule has 1 rings (SSSR count). The molecular weight excluding hydrogens is 178 g/mol. The molecule has 1 unspecified atom stereocenters. The monoisotopic (exact) mass is 201 g/mol. The second-order valence-corrected chi connectivity index (χ2v) is 4.93. The van der Waals surface area contributed by atoms with Crippen LogP contribution in [0.3, 0.4) is 0 Å². The Labute approximate surface area is 86.5 Å². The van der Waals surface area contributed by atoms with Gasteiger partial charge in [0.05, 0.1) is 5.60 Å². The van der Waals surface area contributed by atoms with Crippen LogP contribution in [0.15, 0.2) is 0 Å². The van der Waals surface area contributed by atoms with Crippen LogP contribution in [0.25, 0.3) is 0 Å². The average molecular weight is 201 g/mol. The molecule has 1 atom stereocenters. The van der Waals surface area contributed by atoms with Crippen molar-refractivity contribution in [1.29, 1.82) is 0 Å². The van der Waals surface area contributed by atoms with Gasteiger partial charge in [0.1, 0.15) is 0 Å². The molecule has 14 heavy (non-hydrogen) atoms. The third-order valence-corrected chi connectivity index (χ3v) is 3.37. The van der Waals surface area contributed by atoms with E-state index < -0.39 is 5.60 Å². The normalized spacial score (nSPS) is 23.1. The molecule has 84 valence electrons. The zero-order valence-electron chi connectivity index (χ0n) is 9.34. The zero-order chi connectivity index (χ0) is 10.7. The van der Waals surface area contributed by atoms with Gasteiger partial charge in [-0.15, -0.1) is 0 Å². The molecule has 0 aromatic heterocycles. The first-order valence-electron chi connectivity index (χ1n) is 5.58. The molecule has 0 aromatic rings. The van der Waals surface area contributed by atoms with Gasteiger partial charge in [-0.25, -0.2) is 0 Å². The van der Waals surface area contributed by atoms with E-state index in [9.17, 15) is 5.11 Å². The second kappa shape index (κ2) is 4.60. The van der Waals surface area contributed by atoms with Gasteiger partial charge in [0.15, 0.2) is 0 Å². The summed E-state index contributed by atoms with van der Waals surface area (Å²) in [6.45, 7) is 5.71. The molecular formula is C11H23NO2. The van der Waals surface area contributed by atoms with E-state index in [2.05, 4.69) is 5.32 Å². The molecule has 1 saturated carbocycles. The number of aliphatic hydroxyl groups is 2. The van der Waals surface area contributed by atoms with Gasteiger partial charge in [-0.2, -0.15) is 0 Å². The number of aliphatic hydroxyl groups excluding tert-OH is 1. The molecule has 1 aliphatic rings. The van der Waals surface area contributed by atoms with E-state index in [-0.39, 0.29) is 6.61 Å². The van der Waals surface area contributed by atoms with Crippen molar-refractivity contribution in [3.8, 4) is 0 Å². The van der Waals surface area contributed by atoms with Crippen LogP contribution < -0.4 is 5.32 Å². The van der Waals surface area contributed by atoms with E-state index in [4.69, 9.17) is 5.11 Å². The molecule has 1 fully saturated rings. The molecule has 3 nitrogen and oxygen atoms in total. The first-order chi connectivity index (χ1) is 6.54. The van der Waals surface area contributed by atoms with Crippen LogP contribution in [0, 0.1) is 5.41 Å². The fourth-order valence-corrected chi connectivity index (χ4v) is 1.65. The Morgan fingerprint density at radius 3 is 2.50 bits per heavy atom. The number of hydrogen-bond acceptors (Lipinski definition) is 3. The molecule has 3 N–H and O–H groups in total. The lowest BCUT2D eigenvalue weighted by Crippen LogP contribution is -2.39. The summed E-state index contributed by atoms with van der Waals surface area (Å²) in [5.74, 6) is 0. The van der Waals surface area contributed by atoms with Gasteiger partial charge in [-0.3, -0.25) is 0 Å². The summed E-state index contributed by atoms with van der Waals surface area (Å²) in [6, 6.07) is 0. The Bertz CT molecular complexity index is 176. The van der Waals surface area contributed by atoms with E-state index in [1.54, 1.807) is 0 Å². The minimum Gasteiger partial charge on any atom is -0.396 e. The smallest absolute Gasteiger partial charge is 0.0740 e. The highest BCUT2D eigenvalue weighted by atomic mass is 16.3. The summed E-state index contributed by atoms with van der Waals surface area (Å²) in [7, 11) is 0. The third kappa shape index (κ3) is 3.56. The lowest BCUT2D eigenvalue weighted by molar-refractivity contribution is 0.0542. The first-order valence-corrected chi connectivity index (χ1v) is 5.58. The third-order valence-electron chi connectivity index (χ3n) is 3.37. The molecule has 0 bridgehead atoms. The molecule has 0 aliphatic heterocycles. The van der Waals surface area contributed by atoms with Crippen molar-refractivity contribution in [2.75, 3.05) is 19.7 Å². The molecule has 0 spiro atoms. The first kappa shape index (κ1) is 12.0. The number of nitrogens with one attached hydrogen (secondary N) is 1. The molecule has 3 heteroatoms. The number of rotatable bonds is 7. The lowest BCUT2D eigenvalue weighted by atomic mass is 10.0. The SMILES string of the molecule is CCC(C)(O)CNCC1(CCO)CC1. The maximum Gasteiger partial charge on any atom is 0.0740 e. The van der Waals surface area contributed by atoms with Crippen LogP contribution in [-0.2, 0) is 0 Å². The van der Waals surface area contributed by atoms with Crippen molar-refractivity contribution in [1.82, 2.24) is 5.32 Å². The minimum atomic E-state index is -0.588. The maximum absolute atomic E-state index is 9.76. The van der Waals surface area contributed by atoms with Crippen molar-refractivity contribution in [3.63, 3.8) is 0 Å². The van der Waals surface area contributed by atoms with Gasteiger partial charge in [0.25, 0.3) is 0 Å². The summed E-state index contributed by atoms with van der Waals surface area (Å²) in [5, 5.41) is 21.9. The summed E-state index contributed by atoms with van der Waals surface area (Å²) < 4.78 is 0. The van der Waals surface area contributed by atoms with Crippen molar-refractivity contribution in [2.45, 2.75) is 45.1 Å². The molecule has 0 aromatic carbocycles. The zero-order valence-corrected chi connectivity index (χ0v) is 9.34. The minimum absolute atomic E-state index is 0.284. The van der Waals surface area contributed by atoms with Gasteiger partial charge in [-0.1, -0.05) is 6.92 Å². The highest BCUT2D eigenvalue weighted by Gasteiger charge is 2.41. The summed E-state index contributed by atoms with van der Waals surface area (Å²) in [5.41, 5.74) is -0.242. The lowest BCUT2D eigenvalue weighted by Gasteiger charge is -2.23.